The Bertz CT molecular complexity index is 883. The number of unbranched alkanes of at least 4 members (excludes halogenated alkanes) is 1. The minimum atomic E-state index is -4.67. The fourth-order valence-corrected chi connectivity index (χ4v) is 6.24. The van der Waals surface area contributed by atoms with Gasteiger partial charge in [0.25, 0.3) is 0 Å². The Labute approximate surface area is 195 Å². The smallest absolute Gasteiger partial charge is 0.206 e. The Morgan fingerprint density at radius 3 is 1.88 bits per heavy atom. The average Bonchev–Trinajstić information content (AvgIpc) is 2.82. The van der Waals surface area contributed by atoms with E-state index in [-0.39, 0.29) is 0 Å². The van der Waals surface area contributed by atoms with Gasteiger partial charge in [-0.25, -0.2) is 4.39 Å². The summed E-state index contributed by atoms with van der Waals surface area (Å²) < 4.78 is 52.4. The maximum Gasteiger partial charge on any atom is 0.419 e. The zero-order chi connectivity index (χ0) is 23.4. The van der Waals surface area contributed by atoms with Gasteiger partial charge in [0.15, 0.2) is 0 Å². The van der Waals surface area contributed by atoms with Gasteiger partial charge < -0.3 is 0 Å². The first-order valence-corrected chi connectivity index (χ1v) is 12.8. The highest BCUT2D eigenvalue weighted by molar-refractivity contribution is 5.64. The van der Waals surface area contributed by atoms with Gasteiger partial charge in [0.1, 0.15) is 5.82 Å². The minimum absolute atomic E-state index is 0.477. The molecule has 0 nitrogen and oxygen atoms in total. The van der Waals surface area contributed by atoms with E-state index < -0.39 is 17.6 Å². The van der Waals surface area contributed by atoms with Crippen LogP contribution in [0.5, 0.6) is 0 Å². The van der Waals surface area contributed by atoms with Gasteiger partial charge in [-0.2, -0.15) is 13.2 Å². The van der Waals surface area contributed by atoms with Crippen LogP contribution in [0.25, 0.3) is 11.1 Å². The Balaban J connectivity index is 1.31. The monoisotopic (exact) mass is 460 g/mol. The van der Waals surface area contributed by atoms with E-state index in [1.54, 1.807) is 0 Å². The quantitative estimate of drug-likeness (QED) is 0.376. The Kier molecular flexibility index (Phi) is 7.81. The second-order valence-electron chi connectivity index (χ2n) is 10.3. The van der Waals surface area contributed by atoms with Crippen molar-refractivity contribution in [2.45, 2.75) is 89.6 Å². The number of alkyl halides is 3. The predicted octanol–water partition coefficient (Wildman–Crippen LogP) is 9.78. The molecule has 33 heavy (non-hydrogen) atoms. The fourth-order valence-electron chi connectivity index (χ4n) is 6.24. The predicted molar refractivity (Wildman–Crippen MR) is 127 cm³/mol. The number of halogens is 4. The summed E-state index contributed by atoms with van der Waals surface area (Å²) in [5.74, 6) is 2.10. The summed E-state index contributed by atoms with van der Waals surface area (Å²) in [6, 6.07) is 11.2. The molecule has 0 N–H and O–H groups in total. The van der Waals surface area contributed by atoms with Crippen molar-refractivity contribution in [3.8, 4) is 11.1 Å². The van der Waals surface area contributed by atoms with Gasteiger partial charge in [0.05, 0.1) is 5.56 Å². The molecular formula is C29H36F4. The zero-order valence-corrected chi connectivity index (χ0v) is 19.6. The highest BCUT2D eigenvalue weighted by atomic mass is 19.4. The van der Waals surface area contributed by atoms with Gasteiger partial charge in [0.2, 0.25) is 0 Å². The van der Waals surface area contributed by atoms with Gasteiger partial charge in [0, 0.05) is 0 Å². The van der Waals surface area contributed by atoms with Crippen LogP contribution in [0.2, 0.25) is 0 Å². The standard InChI is InChI=1S/C29H36F4/c1-2-3-4-20-5-7-21(8-6-20)22-9-11-23(12-10-22)24-13-15-25(16-14-24)26-17-18-27(28(30)19-26)29(31,32)33/h13-23H,2-12H2,1H3. The summed E-state index contributed by atoms with van der Waals surface area (Å²) in [7, 11) is 0. The summed E-state index contributed by atoms with van der Waals surface area (Å²) >= 11 is 0. The lowest BCUT2D eigenvalue weighted by Gasteiger charge is -2.38. The van der Waals surface area contributed by atoms with Crippen LogP contribution < -0.4 is 0 Å². The molecule has 2 aromatic rings. The van der Waals surface area contributed by atoms with E-state index in [2.05, 4.69) is 19.1 Å². The van der Waals surface area contributed by atoms with E-state index in [1.807, 2.05) is 12.1 Å². The summed E-state index contributed by atoms with van der Waals surface area (Å²) in [4.78, 5) is 0. The molecule has 0 aromatic heterocycles. The minimum Gasteiger partial charge on any atom is -0.206 e. The van der Waals surface area contributed by atoms with Crippen LogP contribution in [0, 0.1) is 23.6 Å². The molecule has 2 aliphatic rings. The third-order valence-corrected chi connectivity index (χ3v) is 8.29. The molecular weight excluding hydrogens is 424 g/mol. The van der Waals surface area contributed by atoms with Crippen LogP contribution in [0.1, 0.15) is 94.6 Å². The van der Waals surface area contributed by atoms with Crippen LogP contribution >= 0.6 is 0 Å². The number of hydrogen-bond acceptors (Lipinski definition) is 0. The highest BCUT2D eigenvalue weighted by Crippen LogP contribution is 2.44. The topological polar surface area (TPSA) is 0 Å². The van der Waals surface area contributed by atoms with Crippen molar-refractivity contribution in [1.29, 1.82) is 0 Å². The van der Waals surface area contributed by atoms with Gasteiger partial charge in [-0.15, -0.1) is 0 Å². The molecule has 0 bridgehead atoms. The van der Waals surface area contributed by atoms with E-state index in [4.69, 9.17) is 0 Å². The summed E-state index contributed by atoms with van der Waals surface area (Å²) in [5, 5.41) is 0. The fraction of sp³-hybridized carbons (Fsp3) is 0.586. The van der Waals surface area contributed by atoms with Crippen LogP contribution in [-0.2, 0) is 6.18 Å². The SMILES string of the molecule is CCCCC1CCC(C2CCC(c3ccc(-c4ccc(C(F)(F)F)c(F)c4)cc3)CC2)CC1. The molecule has 0 unspecified atom stereocenters. The Hall–Kier alpha value is -1.84. The average molecular weight is 461 g/mol. The lowest BCUT2D eigenvalue weighted by atomic mass is 9.68. The maximum atomic E-state index is 13.9. The summed E-state index contributed by atoms with van der Waals surface area (Å²) in [5.41, 5.74) is 1.31. The van der Waals surface area contributed by atoms with Crippen LogP contribution in [0.15, 0.2) is 42.5 Å². The van der Waals surface area contributed by atoms with Crippen molar-refractivity contribution in [1.82, 2.24) is 0 Å². The lowest BCUT2D eigenvalue weighted by Crippen LogP contribution is -2.25. The molecule has 2 aromatic carbocycles. The molecule has 2 saturated carbocycles. The number of benzene rings is 2. The molecule has 0 atom stereocenters. The van der Waals surface area contributed by atoms with E-state index in [0.717, 1.165) is 35.4 Å². The van der Waals surface area contributed by atoms with Gasteiger partial charge >= 0.3 is 6.18 Å². The van der Waals surface area contributed by atoms with Crippen molar-refractivity contribution in [3.63, 3.8) is 0 Å². The molecule has 180 valence electrons. The molecule has 0 heterocycles. The number of rotatable bonds is 6. The van der Waals surface area contributed by atoms with Crippen LogP contribution in [0.4, 0.5) is 17.6 Å². The summed E-state index contributed by atoms with van der Waals surface area (Å²) in [6.07, 6.45) is 10.2. The molecule has 4 rings (SSSR count). The molecule has 0 aliphatic heterocycles. The zero-order valence-electron chi connectivity index (χ0n) is 19.6. The summed E-state index contributed by atoms with van der Waals surface area (Å²) in [6.45, 7) is 2.28. The van der Waals surface area contributed by atoms with Gasteiger partial charge in [-0.3, -0.25) is 0 Å². The van der Waals surface area contributed by atoms with E-state index in [1.165, 1.54) is 82.3 Å². The van der Waals surface area contributed by atoms with Crippen molar-refractivity contribution in [2.24, 2.45) is 17.8 Å². The van der Waals surface area contributed by atoms with Crippen molar-refractivity contribution >= 4 is 0 Å². The van der Waals surface area contributed by atoms with E-state index in [0.29, 0.717) is 11.5 Å². The van der Waals surface area contributed by atoms with E-state index in [9.17, 15) is 17.6 Å². The molecule has 0 amide bonds. The van der Waals surface area contributed by atoms with Crippen LogP contribution in [0.3, 0.4) is 0 Å². The van der Waals surface area contributed by atoms with Gasteiger partial charge in [-0.1, -0.05) is 69.4 Å². The second kappa shape index (κ2) is 10.6. The second-order valence-corrected chi connectivity index (χ2v) is 10.3. The largest absolute Gasteiger partial charge is 0.419 e. The highest BCUT2D eigenvalue weighted by Gasteiger charge is 2.34. The Morgan fingerprint density at radius 1 is 0.758 bits per heavy atom. The van der Waals surface area contributed by atoms with Crippen molar-refractivity contribution in [3.05, 3.63) is 59.4 Å². The van der Waals surface area contributed by atoms with Crippen molar-refractivity contribution in [2.75, 3.05) is 0 Å². The maximum absolute atomic E-state index is 13.9. The lowest BCUT2D eigenvalue weighted by molar-refractivity contribution is -0.139. The Morgan fingerprint density at radius 2 is 1.33 bits per heavy atom. The van der Waals surface area contributed by atoms with E-state index >= 15 is 0 Å². The normalized spacial score (nSPS) is 26.3. The van der Waals surface area contributed by atoms with Gasteiger partial charge in [-0.05, 0) is 91.0 Å². The molecule has 2 fully saturated rings. The molecule has 0 spiro atoms. The third kappa shape index (κ3) is 6.00. The van der Waals surface area contributed by atoms with Crippen LogP contribution in [-0.4, -0.2) is 0 Å². The molecule has 2 aliphatic carbocycles. The first-order chi connectivity index (χ1) is 15.8. The molecule has 0 saturated heterocycles. The third-order valence-electron chi connectivity index (χ3n) is 8.29. The first-order valence-electron chi connectivity index (χ1n) is 12.8. The number of hydrogen-bond donors (Lipinski definition) is 0. The first kappa shape index (κ1) is 24.3. The molecule has 4 heteroatoms. The van der Waals surface area contributed by atoms with Crippen molar-refractivity contribution < 1.29 is 17.6 Å². The molecule has 0 radical (unpaired) electrons.